The lowest BCUT2D eigenvalue weighted by Gasteiger charge is -2.08. The fourth-order valence-corrected chi connectivity index (χ4v) is 2.01. The van der Waals surface area contributed by atoms with Crippen molar-refractivity contribution < 1.29 is 8.60 Å². The second-order valence-corrected chi connectivity index (χ2v) is 5.05. The third kappa shape index (κ3) is 3.20. The zero-order valence-electron chi connectivity index (χ0n) is 8.07. The molecule has 4 heteroatoms. The van der Waals surface area contributed by atoms with Gasteiger partial charge in [-0.05, 0) is 24.6 Å². The molecule has 0 aliphatic carbocycles. The Bertz CT molecular complexity index is 312. The SMILES string of the molecule is CC(CN)S(=O)Cc1ccc(F)cc1. The number of hydrogen-bond acceptors (Lipinski definition) is 2. The predicted molar refractivity (Wildman–Crippen MR) is 56.8 cm³/mol. The van der Waals surface area contributed by atoms with E-state index in [-0.39, 0.29) is 11.1 Å². The van der Waals surface area contributed by atoms with Crippen LogP contribution in [-0.4, -0.2) is 16.0 Å². The van der Waals surface area contributed by atoms with E-state index in [1.165, 1.54) is 12.1 Å². The Balaban J connectivity index is 2.60. The summed E-state index contributed by atoms with van der Waals surface area (Å²) in [5.74, 6) is 0.171. The Hall–Kier alpha value is -0.740. The summed E-state index contributed by atoms with van der Waals surface area (Å²) in [7, 11) is -0.970. The van der Waals surface area contributed by atoms with Crippen LogP contribution in [0.15, 0.2) is 24.3 Å². The van der Waals surface area contributed by atoms with Crippen molar-refractivity contribution in [3.63, 3.8) is 0 Å². The van der Waals surface area contributed by atoms with E-state index in [4.69, 9.17) is 5.73 Å². The smallest absolute Gasteiger partial charge is 0.123 e. The second kappa shape index (κ2) is 5.22. The number of nitrogens with two attached hydrogens (primary N) is 1. The molecule has 0 heterocycles. The Kier molecular flexibility index (Phi) is 4.22. The van der Waals surface area contributed by atoms with Gasteiger partial charge in [0.15, 0.2) is 0 Å². The molecular weight excluding hydrogens is 201 g/mol. The first kappa shape index (κ1) is 11.3. The number of hydrogen-bond donors (Lipinski definition) is 1. The minimum atomic E-state index is -0.970. The molecule has 1 rings (SSSR count). The normalized spacial score (nSPS) is 15.1. The molecule has 0 fully saturated rings. The molecule has 0 bridgehead atoms. The standard InChI is InChI=1S/C10H14FNOS/c1-8(6-12)14(13)7-9-2-4-10(11)5-3-9/h2-5,8H,6-7,12H2,1H3. The second-order valence-electron chi connectivity index (χ2n) is 3.20. The van der Waals surface area contributed by atoms with Crippen molar-refractivity contribution in [2.45, 2.75) is 17.9 Å². The topological polar surface area (TPSA) is 43.1 Å². The van der Waals surface area contributed by atoms with Gasteiger partial charge in [-0.1, -0.05) is 12.1 Å². The van der Waals surface area contributed by atoms with E-state index in [0.29, 0.717) is 12.3 Å². The van der Waals surface area contributed by atoms with Gasteiger partial charge < -0.3 is 5.73 Å². The summed E-state index contributed by atoms with van der Waals surface area (Å²) >= 11 is 0. The Morgan fingerprint density at radius 1 is 1.43 bits per heavy atom. The third-order valence-electron chi connectivity index (χ3n) is 2.00. The quantitative estimate of drug-likeness (QED) is 0.825. The lowest BCUT2D eigenvalue weighted by molar-refractivity contribution is 0.627. The van der Waals surface area contributed by atoms with Crippen molar-refractivity contribution in [1.82, 2.24) is 0 Å². The van der Waals surface area contributed by atoms with Gasteiger partial charge >= 0.3 is 0 Å². The van der Waals surface area contributed by atoms with Crippen molar-refractivity contribution >= 4 is 10.8 Å². The minimum absolute atomic E-state index is 0.0138. The van der Waals surface area contributed by atoms with Crippen LogP contribution < -0.4 is 5.73 Å². The van der Waals surface area contributed by atoms with Crippen LogP contribution in [0.1, 0.15) is 12.5 Å². The number of benzene rings is 1. The molecule has 0 aromatic heterocycles. The summed E-state index contributed by atoms with van der Waals surface area (Å²) in [6, 6.07) is 6.05. The van der Waals surface area contributed by atoms with Crippen LogP contribution in [0.5, 0.6) is 0 Å². The average Bonchev–Trinajstić information content (AvgIpc) is 2.20. The van der Waals surface area contributed by atoms with Crippen molar-refractivity contribution in [2.24, 2.45) is 5.73 Å². The van der Waals surface area contributed by atoms with E-state index in [2.05, 4.69) is 0 Å². The van der Waals surface area contributed by atoms with Crippen LogP contribution in [0.3, 0.4) is 0 Å². The molecule has 0 aliphatic rings. The van der Waals surface area contributed by atoms with Crippen molar-refractivity contribution in [3.05, 3.63) is 35.6 Å². The van der Waals surface area contributed by atoms with Gasteiger partial charge in [0.05, 0.1) is 0 Å². The first-order valence-corrected chi connectivity index (χ1v) is 5.83. The molecule has 0 saturated carbocycles. The maximum absolute atomic E-state index is 12.6. The molecule has 2 unspecified atom stereocenters. The maximum atomic E-state index is 12.6. The maximum Gasteiger partial charge on any atom is 0.123 e. The lowest BCUT2D eigenvalue weighted by atomic mass is 10.2. The molecular formula is C10H14FNOS. The van der Waals surface area contributed by atoms with E-state index >= 15 is 0 Å². The van der Waals surface area contributed by atoms with E-state index in [1.54, 1.807) is 12.1 Å². The molecule has 2 atom stereocenters. The van der Waals surface area contributed by atoms with Crippen LogP contribution >= 0.6 is 0 Å². The third-order valence-corrected chi connectivity index (χ3v) is 3.71. The summed E-state index contributed by atoms with van der Waals surface area (Å²) < 4.78 is 24.1. The highest BCUT2D eigenvalue weighted by Gasteiger charge is 2.09. The van der Waals surface area contributed by atoms with Gasteiger partial charge in [-0.2, -0.15) is 0 Å². The van der Waals surface area contributed by atoms with Crippen molar-refractivity contribution in [3.8, 4) is 0 Å². The summed E-state index contributed by atoms with van der Waals surface area (Å²) in [4.78, 5) is 0. The average molecular weight is 215 g/mol. The lowest BCUT2D eigenvalue weighted by Crippen LogP contribution is -2.22. The Labute approximate surface area is 85.8 Å². The van der Waals surface area contributed by atoms with Crippen LogP contribution in [-0.2, 0) is 16.6 Å². The molecule has 0 spiro atoms. The van der Waals surface area contributed by atoms with Gasteiger partial charge in [-0.25, -0.2) is 4.39 Å². The zero-order valence-corrected chi connectivity index (χ0v) is 8.89. The molecule has 2 nitrogen and oxygen atoms in total. The van der Waals surface area contributed by atoms with Crippen LogP contribution in [0.25, 0.3) is 0 Å². The highest BCUT2D eigenvalue weighted by Crippen LogP contribution is 2.08. The van der Waals surface area contributed by atoms with Gasteiger partial charge in [-0.3, -0.25) is 4.21 Å². The van der Waals surface area contributed by atoms with E-state index in [1.807, 2.05) is 6.92 Å². The molecule has 14 heavy (non-hydrogen) atoms. The molecule has 0 radical (unpaired) electrons. The zero-order chi connectivity index (χ0) is 10.6. The van der Waals surface area contributed by atoms with Crippen LogP contribution in [0, 0.1) is 5.82 Å². The fraction of sp³-hybridized carbons (Fsp3) is 0.400. The summed E-state index contributed by atoms with van der Waals surface area (Å²) in [5.41, 5.74) is 6.28. The van der Waals surface area contributed by atoms with Crippen molar-refractivity contribution in [1.29, 1.82) is 0 Å². The van der Waals surface area contributed by atoms with Gasteiger partial charge in [0.1, 0.15) is 5.82 Å². The molecule has 78 valence electrons. The Morgan fingerprint density at radius 3 is 2.50 bits per heavy atom. The molecule has 0 amide bonds. The van der Waals surface area contributed by atoms with Gasteiger partial charge in [-0.15, -0.1) is 0 Å². The predicted octanol–water partition coefficient (Wildman–Crippen LogP) is 1.42. The number of halogens is 1. The first-order valence-electron chi connectivity index (χ1n) is 4.45. The summed E-state index contributed by atoms with van der Waals surface area (Å²) in [5, 5.41) is -0.0138. The molecule has 1 aromatic rings. The monoisotopic (exact) mass is 215 g/mol. The van der Waals surface area contributed by atoms with Crippen LogP contribution in [0.2, 0.25) is 0 Å². The van der Waals surface area contributed by atoms with E-state index in [0.717, 1.165) is 5.56 Å². The fourth-order valence-electron chi connectivity index (χ4n) is 0.994. The van der Waals surface area contributed by atoms with E-state index in [9.17, 15) is 8.60 Å². The summed E-state index contributed by atoms with van der Waals surface area (Å²) in [6.07, 6.45) is 0. The highest BCUT2D eigenvalue weighted by molar-refractivity contribution is 7.84. The van der Waals surface area contributed by atoms with E-state index < -0.39 is 10.8 Å². The molecule has 1 aromatic carbocycles. The largest absolute Gasteiger partial charge is 0.329 e. The van der Waals surface area contributed by atoms with Crippen molar-refractivity contribution in [2.75, 3.05) is 6.54 Å². The number of rotatable bonds is 4. The Morgan fingerprint density at radius 2 is 2.00 bits per heavy atom. The summed E-state index contributed by atoms with van der Waals surface area (Å²) in [6.45, 7) is 2.26. The highest BCUT2D eigenvalue weighted by atomic mass is 32.2. The first-order chi connectivity index (χ1) is 6.63. The molecule has 0 aliphatic heterocycles. The molecule has 2 N–H and O–H groups in total. The minimum Gasteiger partial charge on any atom is -0.329 e. The van der Waals surface area contributed by atoms with Crippen LogP contribution in [0.4, 0.5) is 4.39 Å². The molecule has 0 saturated heterocycles. The van der Waals surface area contributed by atoms with Gasteiger partial charge in [0.25, 0.3) is 0 Å². The van der Waals surface area contributed by atoms with Gasteiger partial charge in [0, 0.05) is 28.3 Å². The van der Waals surface area contributed by atoms with Gasteiger partial charge in [0.2, 0.25) is 0 Å².